The number of carbonyl (C=O) groups is 2. The summed E-state index contributed by atoms with van der Waals surface area (Å²) in [6, 6.07) is 11.9. The van der Waals surface area contributed by atoms with Gasteiger partial charge in [0.2, 0.25) is 5.91 Å². The zero-order valence-corrected chi connectivity index (χ0v) is 16.5. The summed E-state index contributed by atoms with van der Waals surface area (Å²) < 4.78 is 10.7. The Morgan fingerprint density at radius 3 is 2.47 bits per heavy atom. The largest absolute Gasteiger partial charge is 0.497 e. The van der Waals surface area contributed by atoms with Gasteiger partial charge >= 0.3 is 0 Å². The number of aliphatic hydroxyl groups excluding tert-OH is 2. The van der Waals surface area contributed by atoms with Crippen molar-refractivity contribution < 1.29 is 29.3 Å². The Hall–Kier alpha value is -3.01. The third kappa shape index (κ3) is 5.53. The van der Waals surface area contributed by atoms with Crippen LogP contribution in [-0.2, 0) is 16.1 Å². The van der Waals surface area contributed by atoms with E-state index in [1.807, 2.05) is 6.07 Å². The molecule has 2 amide bonds. The second-order valence-corrected chi connectivity index (χ2v) is 6.93. The molecule has 0 bridgehead atoms. The van der Waals surface area contributed by atoms with Gasteiger partial charge in [-0.05, 0) is 36.4 Å². The van der Waals surface area contributed by atoms with Crippen LogP contribution in [0.15, 0.2) is 48.7 Å². The number of nitrogens with zero attached hydrogens (tertiary/aromatic N) is 1. The summed E-state index contributed by atoms with van der Waals surface area (Å²) in [4.78, 5) is 28.5. The number of benzene rings is 1. The predicted octanol–water partition coefficient (Wildman–Crippen LogP) is 0.0157. The van der Waals surface area contributed by atoms with Crippen LogP contribution >= 0.6 is 0 Å². The molecule has 2 aromatic rings. The molecule has 4 atom stereocenters. The topological polar surface area (TPSA) is 130 Å². The monoisotopic (exact) mass is 415 g/mol. The van der Waals surface area contributed by atoms with Crippen molar-refractivity contribution in [2.75, 3.05) is 13.7 Å². The highest BCUT2D eigenvalue weighted by Crippen LogP contribution is 2.23. The lowest BCUT2D eigenvalue weighted by atomic mass is 10.1. The van der Waals surface area contributed by atoms with E-state index in [0.29, 0.717) is 17.0 Å². The number of amides is 2. The van der Waals surface area contributed by atoms with Gasteiger partial charge in [0.25, 0.3) is 5.91 Å². The lowest BCUT2D eigenvalue weighted by Gasteiger charge is -2.15. The number of aliphatic hydroxyl groups is 2. The van der Waals surface area contributed by atoms with Crippen LogP contribution in [0.5, 0.6) is 5.75 Å². The van der Waals surface area contributed by atoms with Gasteiger partial charge in [-0.25, -0.2) is 0 Å². The Bertz CT molecular complexity index is 846. The first-order valence-corrected chi connectivity index (χ1v) is 9.58. The van der Waals surface area contributed by atoms with Crippen molar-refractivity contribution in [1.29, 1.82) is 0 Å². The average Bonchev–Trinajstić information content (AvgIpc) is 3.04. The number of aromatic nitrogens is 1. The molecule has 4 N–H and O–H groups in total. The van der Waals surface area contributed by atoms with Crippen molar-refractivity contribution >= 4 is 11.8 Å². The Kier molecular flexibility index (Phi) is 7.34. The van der Waals surface area contributed by atoms with Crippen LogP contribution in [0, 0.1) is 0 Å². The average molecular weight is 415 g/mol. The Morgan fingerprint density at radius 2 is 1.80 bits per heavy atom. The van der Waals surface area contributed by atoms with Gasteiger partial charge in [0.15, 0.2) is 0 Å². The quantitative estimate of drug-likeness (QED) is 0.478. The lowest BCUT2D eigenvalue weighted by Crippen LogP contribution is -2.40. The van der Waals surface area contributed by atoms with Crippen molar-refractivity contribution in [1.82, 2.24) is 15.6 Å². The molecule has 9 heteroatoms. The van der Waals surface area contributed by atoms with Gasteiger partial charge in [-0.3, -0.25) is 14.6 Å². The van der Waals surface area contributed by atoms with Gasteiger partial charge in [-0.2, -0.15) is 0 Å². The smallest absolute Gasteiger partial charge is 0.251 e. The Labute approximate surface area is 174 Å². The lowest BCUT2D eigenvalue weighted by molar-refractivity contribution is -0.125. The molecule has 1 fully saturated rings. The molecular weight excluding hydrogens is 390 g/mol. The summed E-state index contributed by atoms with van der Waals surface area (Å²) in [6.07, 6.45) is -2.62. The van der Waals surface area contributed by atoms with E-state index in [0.717, 1.165) is 0 Å². The van der Waals surface area contributed by atoms with E-state index in [2.05, 4.69) is 15.6 Å². The number of ether oxygens (including phenoxy) is 2. The van der Waals surface area contributed by atoms with E-state index in [9.17, 15) is 19.8 Å². The molecule has 4 unspecified atom stereocenters. The van der Waals surface area contributed by atoms with E-state index in [-0.39, 0.29) is 31.3 Å². The number of hydrogen-bond donors (Lipinski definition) is 4. The maximum absolute atomic E-state index is 12.2. The highest BCUT2D eigenvalue weighted by atomic mass is 16.5. The van der Waals surface area contributed by atoms with Crippen LogP contribution < -0.4 is 15.4 Å². The maximum Gasteiger partial charge on any atom is 0.251 e. The fraction of sp³-hybridized carbons (Fsp3) is 0.381. The summed E-state index contributed by atoms with van der Waals surface area (Å²) in [5, 5.41) is 25.8. The number of methoxy groups -OCH3 is 1. The van der Waals surface area contributed by atoms with Crippen molar-refractivity contribution in [3.8, 4) is 5.75 Å². The second kappa shape index (κ2) is 10.1. The minimum atomic E-state index is -1.23. The van der Waals surface area contributed by atoms with Gasteiger partial charge in [0.1, 0.15) is 24.1 Å². The van der Waals surface area contributed by atoms with E-state index in [1.54, 1.807) is 42.6 Å². The maximum atomic E-state index is 12.2. The predicted molar refractivity (Wildman–Crippen MR) is 107 cm³/mol. The summed E-state index contributed by atoms with van der Waals surface area (Å²) in [6.45, 7) is 0.252. The Morgan fingerprint density at radius 1 is 1.07 bits per heavy atom. The fourth-order valence-corrected chi connectivity index (χ4v) is 3.15. The minimum Gasteiger partial charge on any atom is -0.497 e. The van der Waals surface area contributed by atoms with Crippen LogP contribution in [0.1, 0.15) is 22.5 Å². The SMILES string of the molecule is COc1ccc(C(=O)NCC2OC(CC(=O)NCc3ccccn3)C(O)C2O)cc1. The van der Waals surface area contributed by atoms with Crippen LogP contribution in [0.3, 0.4) is 0 Å². The molecule has 160 valence electrons. The first-order chi connectivity index (χ1) is 14.5. The number of hydrogen-bond acceptors (Lipinski definition) is 7. The highest BCUT2D eigenvalue weighted by Gasteiger charge is 2.43. The van der Waals surface area contributed by atoms with Crippen molar-refractivity contribution in [3.05, 3.63) is 59.9 Å². The van der Waals surface area contributed by atoms with Gasteiger partial charge in [-0.15, -0.1) is 0 Å². The number of pyridine rings is 1. The number of nitrogens with one attached hydrogen (secondary N) is 2. The van der Waals surface area contributed by atoms with Gasteiger partial charge in [0, 0.05) is 18.3 Å². The van der Waals surface area contributed by atoms with Crippen LogP contribution in [0.4, 0.5) is 0 Å². The molecule has 1 aliphatic rings. The molecule has 0 aliphatic carbocycles. The number of rotatable bonds is 8. The minimum absolute atomic E-state index is 0.00482. The Balaban J connectivity index is 1.46. The third-order valence-corrected chi connectivity index (χ3v) is 4.86. The third-order valence-electron chi connectivity index (χ3n) is 4.86. The van der Waals surface area contributed by atoms with Gasteiger partial charge in [-0.1, -0.05) is 6.07 Å². The van der Waals surface area contributed by atoms with Crippen LogP contribution in [-0.4, -0.2) is 65.1 Å². The molecule has 1 aliphatic heterocycles. The van der Waals surface area contributed by atoms with Crippen molar-refractivity contribution in [3.63, 3.8) is 0 Å². The summed E-state index contributed by atoms with van der Waals surface area (Å²) in [7, 11) is 1.54. The van der Waals surface area contributed by atoms with Crippen LogP contribution in [0.2, 0.25) is 0 Å². The molecular formula is C21H25N3O6. The van der Waals surface area contributed by atoms with E-state index >= 15 is 0 Å². The van der Waals surface area contributed by atoms with Crippen molar-refractivity contribution in [2.24, 2.45) is 0 Å². The zero-order chi connectivity index (χ0) is 21.5. The summed E-state index contributed by atoms with van der Waals surface area (Å²) in [5.74, 6) is -0.0484. The summed E-state index contributed by atoms with van der Waals surface area (Å²) >= 11 is 0. The molecule has 1 aromatic heterocycles. The standard InChI is InChI=1S/C21H25N3O6/c1-29-15-7-5-13(6-8-15)21(28)24-12-17-20(27)19(26)16(30-17)10-18(25)23-11-14-4-2-3-9-22-14/h2-9,16-17,19-20,26-27H,10-12H2,1H3,(H,23,25)(H,24,28). The second-order valence-electron chi connectivity index (χ2n) is 6.93. The van der Waals surface area contributed by atoms with Gasteiger partial charge < -0.3 is 30.3 Å². The van der Waals surface area contributed by atoms with E-state index in [4.69, 9.17) is 9.47 Å². The molecule has 1 aromatic carbocycles. The van der Waals surface area contributed by atoms with E-state index < -0.39 is 24.4 Å². The van der Waals surface area contributed by atoms with Gasteiger partial charge in [0.05, 0.1) is 31.9 Å². The normalized spacial score (nSPS) is 23.0. The highest BCUT2D eigenvalue weighted by molar-refractivity contribution is 5.94. The fourth-order valence-electron chi connectivity index (χ4n) is 3.15. The first-order valence-electron chi connectivity index (χ1n) is 9.58. The molecule has 2 heterocycles. The molecule has 30 heavy (non-hydrogen) atoms. The molecule has 0 spiro atoms. The van der Waals surface area contributed by atoms with Crippen LogP contribution in [0.25, 0.3) is 0 Å². The zero-order valence-electron chi connectivity index (χ0n) is 16.5. The molecule has 9 nitrogen and oxygen atoms in total. The van der Waals surface area contributed by atoms with Crippen molar-refractivity contribution in [2.45, 2.75) is 37.4 Å². The molecule has 3 rings (SSSR count). The first kappa shape index (κ1) is 21.7. The molecule has 0 saturated carbocycles. The summed E-state index contributed by atoms with van der Waals surface area (Å²) in [5.41, 5.74) is 1.13. The van der Waals surface area contributed by atoms with E-state index in [1.165, 1.54) is 7.11 Å². The molecule has 1 saturated heterocycles. The molecule has 0 radical (unpaired) electrons. The number of carbonyl (C=O) groups excluding carboxylic acids is 2.